The van der Waals surface area contributed by atoms with Crippen LogP contribution >= 0.6 is 23.2 Å². The van der Waals surface area contributed by atoms with Crippen molar-refractivity contribution in [3.8, 4) is 0 Å². The van der Waals surface area contributed by atoms with Crippen molar-refractivity contribution in [2.45, 2.75) is 13.5 Å². The minimum Gasteiger partial charge on any atom is -0.321 e. The standard InChI is InChI=1S/C6H6Cl2N2O/c1-2-10-3-4(5(7)11)9-6(10)8/h3H,2H2,1H3. The van der Waals surface area contributed by atoms with Crippen molar-refractivity contribution >= 4 is 28.4 Å². The molecule has 0 aliphatic heterocycles. The van der Waals surface area contributed by atoms with Gasteiger partial charge < -0.3 is 4.57 Å². The van der Waals surface area contributed by atoms with E-state index in [-0.39, 0.29) is 11.0 Å². The summed E-state index contributed by atoms with van der Waals surface area (Å²) in [7, 11) is 0. The van der Waals surface area contributed by atoms with Gasteiger partial charge in [-0.3, -0.25) is 4.79 Å². The van der Waals surface area contributed by atoms with Crippen molar-refractivity contribution < 1.29 is 4.79 Å². The zero-order chi connectivity index (χ0) is 8.43. The zero-order valence-electron chi connectivity index (χ0n) is 5.84. The van der Waals surface area contributed by atoms with E-state index in [1.54, 1.807) is 4.57 Å². The molecule has 3 nitrogen and oxygen atoms in total. The number of hydrogen-bond donors (Lipinski definition) is 0. The summed E-state index contributed by atoms with van der Waals surface area (Å²) in [5.41, 5.74) is 0.193. The van der Waals surface area contributed by atoms with Crippen molar-refractivity contribution in [3.05, 3.63) is 17.2 Å². The van der Waals surface area contributed by atoms with Crippen LogP contribution in [0, 0.1) is 0 Å². The molecule has 0 fully saturated rings. The van der Waals surface area contributed by atoms with Gasteiger partial charge in [-0.05, 0) is 30.1 Å². The maximum Gasteiger partial charge on any atom is 0.272 e. The van der Waals surface area contributed by atoms with Gasteiger partial charge in [0.1, 0.15) is 5.69 Å². The number of hydrogen-bond acceptors (Lipinski definition) is 2. The van der Waals surface area contributed by atoms with E-state index in [1.165, 1.54) is 6.20 Å². The van der Waals surface area contributed by atoms with Gasteiger partial charge in [0.05, 0.1) is 0 Å². The second kappa shape index (κ2) is 3.24. The predicted octanol–water partition coefficient (Wildman–Crippen LogP) is 1.94. The van der Waals surface area contributed by atoms with Crippen LogP contribution in [0.1, 0.15) is 17.4 Å². The molecule has 0 amide bonds. The lowest BCUT2D eigenvalue weighted by Crippen LogP contribution is -1.90. The molecular formula is C6H6Cl2N2O. The SMILES string of the molecule is CCn1cc(C(=O)Cl)nc1Cl. The second-order valence-electron chi connectivity index (χ2n) is 1.95. The molecule has 0 saturated carbocycles. The van der Waals surface area contributed by atoms with Gasteiger partial charge in [0.25, 0.3) is 5.24 Å². The first-order chi connectivity index (χ1) is 5.15. The highest BCUT2D eigenvalue weighted by Gasteiger charge is 2.08. The molecule has 0 aliphatic carbocycles. The third-order valence-corrected chi connectivity index (χ3v) is 1.77. The summed E-state index contributed by atoms with van der Waals surface area (Å²) in [4.78, 5) is 14.3. The molecular weight excluding hydrogens is 187 g/mol. The molecule has 0 atom stereocenters. The summed E-state index contributed by atoms with van der Waals surface area (Å²) in [6.45, 7) is 2.58. The largest absolute Gasteiger partial charge is 0.321 e. The molecule has 5 heteroatoms. The highest BCUT2D eigenvalue weighted by molar-refractivity contribution is 6.67. The molecule has 0 bridgehead atoms. The number of rotatable bonds is 2. The van der Waals surface area contributed by atoms with Gasteiger partial charge >= 0.3 is 0 Å². The van der Waals surface area contributed by atoms with E-state index in [9.17, 15) is 4.79 Å². The van der Waals surface area contributed by atoms with Gasteiger partial charge in [0.15, 0.2) is 0 Å². The Labute approximate surface area is 73.9 Å². The average molecular weight is 193 g/mol. The molecule has 1 rings (SSSR count). The Morgan fingerprint density at radius 2 is 2.45 bits per heavy atom. The van der Waals surface area contributed by atoms with Crippen molar-refractivity contribution in [1.82, 2.24) is 9.55 Å². The lowest BCUT2D eigenvalue weighted by molar-refractivity contribution is 0.107. The quantitative estimate of drug-likeness (QED) is 0.672. The number of aromatic nitrogens is 2. The molecule has 0 saturated heterocycles. The fourth-order valence-corrected chi connectivity index (χ4v) is 1.06. The van der Waals surface area contributed by atoms with Crippen LogP contribution in [0.3, 0.4) is 0 Å². The van der Waals surface area contributed by atoms with Gasteiger partial charge in [0.2, 0.25) is 5.28 Å². The molecule has 0 N–H and O–H groups in total. The Hall–Kier alpha value is -0.540. The van der Waals surface area contributed by atoms with Crippen LogP contribution in [0.25, 0.3) is 0 Å². The minimum atomic E-state index is -0.584. The Kier molecular flexibility index (Phi) is 2.52. The minimum absolute atomic E-state index is 0.193. The summed E-state index contributed by atoms with van der Waals surface area (Å²) in [5.74, 6) is 0. The molecule has 1 heterocycles. The number of aryl methyl sites for hydroxylation is 1. The van der Waals surface area contributed by atoms with Crippen LogP contribution in [0.15, 0.2) is 6.20 Å². The van der Waals surface area contributed by atoms with Gasteiger partial charge in [-0.25, -0.2) is 4.98 Å². The lowest BCUT2D eigenvalue weighted by atomic mass is 10.5. The Bertz CT molecular complexity index is 282. The monoisotopic (exact) mass is 192 g/mol. The van der Waals surface area contributed by atoms with Crippen molar-refractivity contribution in [2.24, 2.45) is 0 Å². The topological polar surface area (TPSA) is 34.9 Å². The lowest BCUT2D eigenvalue weighted by Gasteiger charge is -1.93. The molecule has 60 valence electrons. The third kappa shape index (κ3) is 1.73. The average Bonchev–Trinajstić information content (AvgIpc) is 2.31. The van der Waals surface area contributed by atoms with Crippen LogP contribution in [0.2, 0.25) is 5.28 Å². The smallest absolute Gasteiger partial charge is 0.272 e. The number of nitrogens with zero attached hydrogens (tertiary/aromatic N) is 2. The zero-order valence-corrected chi connectivity index (χ0v) is 7.35. The van der Waals surface area contributed by atoms with E-state index in [0.29, 0.717) is 6.54 Å². The Morgan fingerprint density at radius 3 is 2.73 bits per heavy atom. The van der Waals surface area contributed by atoms with Gasteiger partial charge in [-0.2, -0.15) is 0 Å². The molecule has 0 aromatic carbocycles. The maximum absolute atomic E-state index is 10.6. The van der Waals surface area contributed by atoms with E-state index < -0.39 is 5.24 Å². The molecule has 0 unspecified atom stereocenters. The van der Waals surface area contributed by atoms with Crippen molar-refractivity contribution in [1.29, 1.82) is 0 Å². The first kappa shape index (κ1) is 8.56. The van der Waals surface area contributed by atoms with Crippen LogP contribution in [0.4, 0.5) is 0 Å². The second-order valence-corrected chi connectivity index (χ2v) is 2.64. The number of carbonyl (C=O) groups excluding carboxylic acids is 1. The normalized spacial score (nSPS) is 10.1. The fourth-order valence-electron chi connectivity index (χ4n) is 0.710. The van der Waals surface area contributed by atoms with Crippen LogP contribution in [-0.4, -0.2) is 14.8 Å². The van der Waals surface area contributed by atoms with Gasteiger partial charge in [0, 0.05) is 12.7 Å². The molecule has 0 aliphatic rings. The number of carbonyl (C=O) groups is 1. The Balaban J connectivity index is 3.05. The predicted molar refractivity (Wildman–Crippen MR) is 43.1 cm³/mol. The molecule has 0 spiro atoms. The van der Waals surface area contributed by atoms with Crippen LogP contribution in [-0.2, 0) is 6.54 Å². The number of imidazole rings is 1. The molecule has 1 aromatic heterocycles. The van der Waals surface area contributed by atoms with Gasteiger partial charge in [-0.1, -0.05) is 0 Å². The third-order valence-electron chi connectivity index (χ3n) is 1.27. The summed E-state index contributed by atoms with van der Waals surface area (Å²) in [6, 6.07) is 0. The van der Waals surface area contributed by atoms with Crippen molar-refractivity contribution in [2.75, 3.05) is 0 Å². The number of halogens is 2. The van der Waals surface area contributed by atoms with E-state index in [2.05, 4.69) is 4.98 Å². The van der Waals surface area contributed by atoms with Crippen LogP contribution in [0.5, 0.6) is 0 Å². The maximum atomic E-state index is 10.6. The van der Waals surface area contributed by atoms with E-state index in [1.807, 2.05) is 6.92 Å². The summed E-state index contributed by atoms with van der Waals surface area (Å²) >= 11 is 10.8. The first-order valence-corrected chi connectivity index (χ1v) is 3.83. The highest BCUT2D eigenvalue weighted by atomic mass is 35.5. The molecule has 1 aromatic rings. The van der Waals surface area contributed by atoms with E-state index in [4.69, 9.17) is 23.2 Å². The molecule has 11 heavy (non-hydrogen) atoms. The molecule has 0 radical (unpaired) electrons. The first-order valence-electron chi connectivity index (χ1n) is 3.07. The highest BCUT2D eigenvalue weighted by Crippen LogP contribution is 2.10. The fraction of sp³-hybridized carbons (Fsp3) is 0.333. The van der Waals surface area contributed by atoms with E-state index in [0.717, 1.165) is 0 Å². The van der Waals surface area contributed by atoms with Crippen molar-refractivity contribution in [3.63, 3.8) is 0 Å². The summed E-state index contributed by atoms with van der Waals surface area (Å²) in [6.07, 6.45) is 1.53. The summed E-state index contributed by atoms with van der Waals surface area (Å²) in [5, 5.41) is -0.296. The van der Waals surface area contributed by atoms with Gasteiger partial charge in [-0.15, -0.1) is 0 Å². The van der Waals surface area contributed by atoms with E-state index >= 15 is 0 Å². The Morgan fingerprint density at radius 1 is 1.82 bits per heavy atom. The summed E-state index contributed by atoms with van der Waals surface area (Å²) < 4.78 is 1.64. The van der Waals surface area contributed by atoms with Crippen LogP contribution < -0.4 is 0 Å².